The fourth-order valence-electron chi connectivity index (χ4n) is 2.86. The maximum atomic E-state index is 12.2. The Hall–Kier alpha value is -2.55. The van der Waals surface area contributed by atoms with Crippen LogP contribution < -0.4 is 11.2 Å². The Morgan fingerprint density at radius 1 is 0.960 bits per heavy atom. The van der Waals surface area contributed by atoms with Gasteiger partial charge in [0.05, 0.1) is 16.1 Å². The number of thiophene rings is 3. The number of nitrogens with zero attached hydrogens (tertiary/aromatic N) is 1. The van der Waals surface area contributed by atoms with Gasteiger partial charge in [-0.3, -0.25) is 9.78 Å². The molecular formula is C17H9N3O2S3. The summed E-state index contributed by atoms with van der Waals surface area (Å²) in [4.78, 5) is 36.7. The van der Waals surface area contributed by atoms with E-state index in [1.165, 1.54) is 11.3 Å². The Balaban J connectivity index is 1.98. The summed E-state index contributed by atoms with van der Waals surface area (Å²) in [6.07, 6.45) is 0. The van der Waals surface area contributed by atoms with E-state index in [-0.39, 0.29) is 5.56 Å². The number of aromatic nitrogens is 3. The predicted octanol–water partition coefficient (Wildman–Crippen LogP) is 4.28. The van der Waals surface area contributed by atoms with Crippen molar-refractivity contribution in [1.82, 2.24) is 15.0 Å². The molecule has 5 heterocycles. The summed E-state index contributed by atoms with van der Waals surface area (Å²) < 4.78 is 0.489. The van der Waals surface area contributed by atoms with Crippen LogP contribution in [0, 0.1) is 0 Å². The lowest BCUT2D eigenvalue weighted by Crippen LogP contribution is -2.20. The molecule has 5 nitrogen and oxygen atoms in total. The van der Waals surface area contributed by atoms with Crippen molar-refractivity contribution in [3.8, 4) is 21.0 Å². The quantitative estimate of drug-likeness (QED) is 0.477. The third kappa shape index (κ3) is 2.30. The van der Waals surface area contributed by atoms with E-state index in [0.717, 1.165) is 31.2 Å². The highest BCUT2D eigenvalue weighted by atomic mass is 32.1. The Kier molecular flexibility index (Phi) is 3.24. The van der Waals surface area contributed by atoms with E-state index in [0.29, 0.717) is 10.2 Å². The molecule has 0 bridgehead atoms. The molecule has 0 atom stereocenters. The predicted molar refractivity (Wildman–Crippen MR) is 105 cm³/mol. The number of hydrogen-bond acceptors (Lipinski definition) is 6. The molecule has 0 radical (unpaired) electrons. The van der Waals surface area contributed by atoms with Gasteiger partial charge < -0.3 is 4.98 Å². The standard InChI is InChI=1S/C17H9N3O2S3/c21-15-14-13(19-17(22)20-15)12-8(10-3-1-5-23-10)7-9(18-16(12)25-14)11-4-2-6-24-11/h1-7H,(H2,19,20,21,22). The third-order valence-corrected chi connectivity index (χ3v) is 6.77. The second kappa shape index (κ2) is 5.48. The number of nitrogens with one attached hydrogen (secondary N) is 2. The SMILES string of the molecule is O=c1[nH]c(=O)c2sc3nc(-c4cccs4)cc(-c4cccs4)c3c2[nH]1. The van der Waals surface area contributed by atoms with Gasteiger partial charge in [0.25, 0.3) is 5.56 Å². The van der Waals surface area contributed by atoms with Gasteiger partial charge in [0.2, 0.25) is 0 Å². The number of hydrogen-bond donors (Lipinski definition) is 2. The number of rotatable bonds is 2. The number of pyridine rings is 1. The van der Waals surface area contributed by atoms with E-state index in [2.05, 4.69) is 9.97 Å². The van der Waals surface area contributed by atoms with Crippen molar-refractivity contribution in [1.29, 1.82) is 0 Å². The van der Waals surface area contributed by atoms with Crippen molar-refractivity contribution in [3.05, 3.63) is 61.9 Å². The topological polar surface area (TPSA) is 78.6 Å². The first-order chi connectivity index (χ1) is 12.2. The van der Waals surface area contributed by atoms with Crippen molar-refractivity contribution in [2.24, 2.45) is 0 Å². The second-order valence-electron chi connectivity index (χ2n) is 5.40. The van der Waals surface area contributed by atoms with Gasteiger partial charge in [-0.1, -0.05) is 12.1 Å². The van der Waals surface area contributed by atoms with Crippen LogP contribution in [0.5, 0.6) is 0 Å². The molecule has 0 saturated heterocycles. The molecule has 5 aromatic heterocycles. The summed E-state index contributed by atoms with van der Waals surface area (Å²) in [5.41, 5.74) is 1.53. The number of fused-ring (bicyclic) bond motifs is 3. The van der Waals surface area contributed by atoms with Crippen molar-refractivity contribution >= 4 is 54.4 Å². The van der Waals surface area contributed by atoms with Crippen LogP contribution in [0.2, 0.25) is 0 Å². The lowest BCUT2D eigenvalue weighted by molar-refractivity contribution is 1.09. The van der Waals surface area contributed by atoms with Gasteiger partial charge in [-0.15, -0.1) is 34.0 Å². The molecule has 0 aliphatic heterocycles. The van der Waals surface area contributed by atoms with E-state index in [1.54, 1.807) is 22.7 Å². The summed E-state index contributed by atoms with van der Waals surface area (Å²) >= 11 is 4.55. The van der Waals surface area contributed by atoms with Crippen molar-refractivity contribution in [2.75, 3.05) is 0 Å². The van der Waals surface area contributed by atoms with Gasteiger partial charge in [0.15, 0.2) is 0 Å². The molecule has 25 heavy (non-hydrogen) atoms. The van der Waals surface area contributed by atoms with E-state index in [4.69, 9.17) is 4.98 Å². The Labute approximate surface area is 152 Å². The Morgan fingerprint density at radius 2 is 1.72 bits per heavy atom. The fraction of sp³-hybridized carbons (Fsp3) is 0. The van der Waals surface area contributed by atoms with Gasteiger partial charge in [0.1, 0.15) is 9.53 Å². The van der Waals surface area contributed by atoms with Crippen LogP contribution in [0.1, 0.15) is 0 Å². The van der Waals surface area contributed by atoms with E-state index < -0.39 is 5.69 Å². The maximum absolute atomic E-state index is 12.2. The van der Waals surface area contributed by atoms with Crippen molar-refractivity contribution in [2.45, 2.75) is 0 Å². The summed E-state index contributed by atoms with van der Waals surface area (Å²) in [7, 11) is 0. The van der Waals surface area contributed by atoms with Crippen LogP contribution in [0.25, 0.3) is 41.4 Å². The highest BCUT2D eigenvalue weighted by Gasteiger charge is 2.18. The largest absolute Gasteiger partial charge is 0.326 e. The molecule has 0 unspecified atom stereocenters. The zero-order valence-corrected chi connectivity index (χ0v) is 15.0. The first kappa shape index (κ1) is 14.8. The van der Waals surface area contributed by atoms with E-state index >= 15 is 0 Å². The van der Waals surface area contributed by atoms with Crippen molar-refractivity contribution < 1.29 is 0 Å². The van der Waals surface area contributed by atoms with Crippen LogP contribution in [0.15, 0.2) is 50.7 Å². The zero-order valence-electron chi connectivity index (χ0n) is 12.5. The molecule has 5 aromatic rings. The molecule has 0 spiro atoms. The second-order valence-corrected chi connectivity index (χ2v) is 8.30. The van der Waals surface area contributed by atoms with Crippen molar-refractivity contribution in [3.63, 3.8) is 0 Å². The summed E-state index contributed by atoms with van der Waals surface area (Å²) in [5.74, 6) is 0. The molecule has 0 aromatic carbocycles. The van der Waals surface area contributed by atoms with E-state index in [1.807, 2.05) is 41.1 Å². The molecule has 0 amide bonds. The Morgan fingerprint density at radius 3 is 2.44 bits per heavy atom. The van der Waals surface area contributed by atoms with E-state index in [9.17, 15) is 9.59 Å². The number of aromatic amines is 2. The van der Waals surface area contributed by atoms with Crippen LogP contribution in [0.4, 0.5) is 0 Å². The summed E-state index contributed by atoms with van der Waals surface area (Å²) in [6, 6.07) is 10.1. The summed E-state index contributed by atoms with van der Waals surface area (Å²) in [5, 5.41) is 4.85. The highest BCUT2D eigenvalue weighted by molar-refractivity contribution is 7.25. The van der Waals surface area contributed by atoms with Gasteiger partial charge >= 0.3 is 5.69 Å². The lowest BCUT2D eigenvalue weighted by Gasteiger charge is -2.05. The van der Waals surface area contributed by atoms with Crippen LogP contribution in [0.3, 0.4) is 0 Å². The molecule has 8 heteroatoms. The van der Waals surface area contributed by atoms with Crippen LogP contribution in [-0.4, -0.2) is 15.0 Å². The number of H-pyrrole nitrogens is 2. The first-order valence-electron chi connectivity index (χ1n) is 7.38. The van der Waals surface area contributed by atoms with Crippen LogP contribution >= 0.6 is 34.0 Å². The third-order valence-electron chi connectivity index (χ3n) is 3.89. The van der Waals surface area contributed by atoms with Gasteiger partial charge in [0, 0.05) is 15.8 Å². The molecule has 5 rings (SSSR count). The average Bonchev–Trinajstić information content (AvgIpc) is 3.34. The fourth-order valence-corrected chi connectivity index (χ4v) is 5.34. The summed E-state index contributed by atoms with van der Waals surface area (Å²) in [6.45, 7) is 0. The molecule has 0 fully saturated rings. The minimum absolute atomic E-state index is 0.378. The minimum Gasteiger partial charge on any atom is -0.305 e. The lowest BCUT2D eigenvalue weighted by atomic mass is 10.1. The minimum atomic E-state index is -0.503. The molecular weight excluding hydrogens is 374 g/mol. The van der Waals surface area contributed by atoms with Gasteiger partial charge in [-0.2, -0.15) is 0 Å². The average molecular weight is 383 g/mol. The molecule has 0 aliphatic rings. The maximum Gasteiger partial charge on any atom is 0.326 e. The molecule has 0 saturated carbocycles. The molecule has 122 valence electrons. The molecule has 0 aliphatic carbocycles. The zero-order chi connectivity index (χ0) is 17.0. The normalized spacial score (nSPS) is 11.5. The smallest absolute Gasteiger partial charge is 0.305 e. The highest BCUT2D eigenvalue weighted by Crippen LogP contribution is 2.40. The Bertz CT molecular complexity index is 1330. The van der Waals surface area contributed by atoms with Crippen LogP contribution in [-0.2, 0) is 0 Å². The first-order valence-corrected chi connectivity index (χ1v) is 9.96. The molecule has 2 N–H and O–H groups in total. The van der Waals surface area contributed by atoms with Gasteiger partial charge in [-0.05, 0) is 29.0 Å². The van der Waals surface area contributed by atoms with Gasteiger partial charge in [-0.25, -0.2) is 9.78 Å². The monoisotopic (exact) mass is 383 g/mol.